The Morgan fingerprint density at radius 1 is 1.11 bits per heavy atom. The summed E-state index contributed by atoms with van der Waals surface area (Å²) in [5.41, 5.74) is 7.46. The average Bonchev–Trinajstić information content (AvgIpc) is 2.93. The van der Waals surface area contributed by atoms with Crippen molar-refractivity contribution in [2.75, 3.05) is 19.6 Å². The van der Waals surface area contributed by atoms with Crippen molar-refractivity contribution in [3.05, 3.63) is 64.6 Å². The van der Waals surface area contributed by atoms with Gasteiger partial charge in [0.25, 0.3) is 0 Å². The van der Waals surface area contributed by atoms with Crippen LogP contribution in [-0.4, -0.2) is 36.9 Å². The van der Waals surface area contributed by atoms with Crippen LogP contribution in [0.4, 0.5) is 0 Å². The van der Waals surface area contributed by atoms with E-state index < -0.39 is 15.8 Å². The highest BCUT2D eigenvalue weighted by Gasteiger charge is 2.24. The maximum Gasteiger partial charge on any atom is 0.419 e. The first-order valence-corrected chi connectivity index (χ1v) is 9.71. The van der Waals surface area contributed by atoms with E-state index in [0.717, 1.165) is 5.56 Å². The minimum Gasteiger partial charge on any atom is -0.408 e. The molecule has 0 radical (unpaired) electrons. The van der Waals surface area contributed by atoms with E-state index >= 15 is 0 Å². The van der Waals surface area contributed by atoms with Crippen molar-refractivity contribution < 1.29 is 12.8 Å². The molecule has 0 unspecified atom stereocenters. The number of benzene rings is 2. The molecule has 0 amide bonds. The fourth-order valence-corrected chi connectivity index (χ4v) is 4.29. The molecule has 2 aromatic carbocycles. The van der Waals surface area contributed by atoms with Crippen LogP contribution < -0.4 is 11.5 Å². The second-order valence-electron chi connectivity index (χ2n) is 5.98. The average molecular weight is 412 g/mol. The van der Waals surface area contributed by atoms with Crippen LogP contribution in [-0.2, 0) is 23.5 Å². The Morgan fingerprint density at radius 2 is 1.81 bits per heavy atom. The highest BCUT2D eigenvalue weighted by molar-refractivity contribution is 7.89. The highest BCUT2D eigenvalue weighted by Crippen LogP contribution is 2.21. The molecule has 0 aliphatic rings. The van der Waals surface area contributed by atoms with Crippen molar-refractivity contribution >= 4 is 33.5 Å². The summed E-state index contributed by atoms with van der Waals surface area (Å²) in [5.74, 6) is -0.530. The van der Waals surface area contributed by atoms with Gasteiger partial charge >= 0.3 is 5.76 Å². The maximum atomic E-state index is 13.0. The molecule has 3 aromatic rings. The Hall–Kier alpha value is -2.13. The summed E-state index contributed by atoms with van der Waals surface area (Å²) in [6, 6.07) is 14.1. The van der Waals surface area contributed by atoms with Gasteiger partial charge in [0.1, 0.15) is 0 Å². The zero-order valence-corrected chi connectivity index (χ0v) is 16.5. The van der Waals surface area contributed by atoms with Crippen LogP contribution >= 0.6 is 12.4 Å². The predicted octanol–water partition coefficient (Wildman–Crippen LogP) is 1.75. The summed E-state index contributed by atoms with van der Waals surface area (Å²) >= 11 is 0. The fourth-order valence-electron chi connectivity index (χ4n) is 2.82. The number of fused-ring (bicyclic) bond motifs is 1. The third-order valence-electron chi connectivity index (χ3n) is 4.27. The Bertz CT molecular complexity index is 1060. The summed E-state index contributed by atoms with van der Waals surface area (Å²) in [7, 11) is -2.17. The molecule has 1 heterocycles. The molecule has 0 saturated heterocycles. The second kappa shape index (κ2) is 8.71. The number of oxazole rings is 1. The van der Waals surface area contributed by atoms with Gasteiger partial charge in [-0.25, -0.2) is 13.2 Å². The van der Waals surface area contributed by atoms with Crippen LogP contribution in [0.25, 0.3) is 11.1 Å². The predicted molar refractivity (Wildman–Crippen MR) is 107 cm³/mol. The lowest BCUT2D eigenvalue weighted by atomic mass is 10.1. The number of nitrogens with zero attached hydrogens (tertiary/aromatic N) is 2. The Labute approximate surface area is 163 Å². The Kier molecular flexibility index (Phi) is 6.83. The Morgan fingerprint density at radius 3 is 2.48 bits per heavy atom. The van der Waals surface area contributed by atoms with Crippen LogP contribution in [0.3, 0.4) is 0 Å². The second-order valence-corrected chi connectivity index (χ2v) is 7.92. The van der Waals surface area contributed by atoms with E-state index in [0.29, 0.717) is 18.5 Å². The molecule has 0 bridgehead atoms. The molecule has 0 spiro atoms. The maximum absolute atomic E-state index is 13.0. The molecule has 146 valence electrons. The van der Waals surface area contributed by atoms with Crippen LogP contribution in [0.15, 0.2) is 62.6 Å². The molecule has 7 nitrogen and oxygen atoms in total. The molecule has 0 aliphatic heterocycles. The van der Waals surface area contributed by atoms with E-state index in [4.69, 9.17) is 10.2 Å². The van der Waals surface area contributed by atoms with Gasteiger partial charge < -0.3 is 10.2 Å². The first-order chi connectivity index (χ1) is 12.4. The number of nitrogens with two attached hydrogens (primary N) is 1. The van der Waals surface area contributed by atoms with Gasteiger partial charge in [-0.2, -0.15) is 4.31 Å². The molecule has 0 saturated carbocycles. The van der Waals surface area contributed by atoms with Gasteiger partial charge in [-0.1, -0.05) is 30.3 Å². The minimum absolute atomic E-state index is 0. The summed E-state index contributed by atoms with van der Waals surface area (Å²) in [5, 5.41) is 0. The smallest absolute Gasteiger partial charge is 0.408 e. The number of sulfonamides is 1. The minimum atomic E-state index is -3.75. The first-order valence-electron chi connectivity index (χ1n) is 8.27. The van der Waals surface area contributed by atoms with Crippen LogP contribution in [0.1, 0.15) is 5.56 Å². The van der Waals surface area contributed by atoms with Crippen molar-refractivity contribution in [2.24, 2.45) is 12.8 Å². The van der Waals surface area contributed by atoms with Crippen molar-refractivity contribution in [1.82, 2.24) is 8.87 Å². The van der Waals surface area contributed by atoms with E-state index in [2.05, 4.69) is 0 Å². The number of halogens is 1. The summed E-state index contributed by atoms with van der Waals surface area (Å²) in [6.45, 7) is 0.753. The van der Waals surface area contributed by atoms with E-state index in [9.17, 15) is 13.2 Å². The standard InChI is InChI=1S/C18H21N3O4S.ClH/c1-20-16-8-7-15(13-17(16)25-18(20)22)26(23,24)21(12-10-19)11-9-14-5-3-2-4-6-14;/h2-8,13H,9-12,19H2,1H3;1H. The molecule has 0 fully saturated rings. The monoisotopic (exact) mass is 411 g/mol. The third kappa shape index (κ3) is 4.41. The fraction of sp³-hybridized carbons (Fsp3) is 0.278. The molecular formula is C18H22ClN3O4S. The van der Waals surface area contributed by atoms with E-state index in [1.165, 1.54) is 21.0 Å². The summed E-state index contributed by atoms with van der Waals surface area (Å²) < 4.78 is 33.8. The molecule has 2 N–H and O–H groups in total. The van der Waals surface area contributed by atoms with Gasteiger partial charge in [0, 0.05) is 32.7 Å². The number of rotatable bonds is 7. The Balaban J connectivity index is 0.00000261. The number of hydrogen-bond acceptors (Lipinski definition) is 5. The quantitative estimate of drug-likeness (QED) is 0.638. The van der Waals surface area contributed by atoms with Gasteiger partial charge in [-0.15, -0.1) is 12.4 Å². The van der Waals surface area contributed by atoms with Crippen LogP contribution in [0, 0.1) is 0 Å². The largest absolute Gasteiger partial charge is 0.419 e. The van der Waals surface area contributed by atoms with Gasteiger partial charge in [-0.05, 0) is 24.1 Å². The van der Waals surface area contributed by atoms with Crippen LogP contribution in [0.2, 0.25) is 0 Å². The van der Waals surface area contributed by atoms with E-state index in [-0.39, 0.29) is 36.0 Å². The molecule has 27 heavy (non-hydrogen) atoms. The zero-order valence-electron chi connectivity index (χ0n) is 14.9. The molecule has 0 aliphatic carbocycles. The van der Waals surface area contributed by atoms with Crippen molar-refractivity contribution in [3.8, 4) is 0 Å². The normalized spacial score (nSPS) is 11.7. The van der Waals surface area contributed by atoms with Crippen molar-refractivity contribution in [1.29, 1.82) is 0 Å². The van der Waals surface area contributed by atoms with Gasteiger partial charge in [0.05, 0.1) is 10.4 Å². The zero-order chi connectivity index (χ0) is 18.7. The van der Waals surface area contributed by atoms with Crippen molar-refractivity contribution in [3.63, 3.8) is 0 Å². The van der Waals surface area contributed by atoms with E-state index in [1.54, 1.807) is 13.1 Å². The lowest BCUT2D eigenvalue weighted by Gasteiger charge is -2.21. The molecule has 3 rings (SSSR count). The number of aryl methyl sites for hydroxylation is 1. The number of hydrogen-bond donors (Lipinski definition) is 1. The van der Waals surface area contributed by atoms with E-state index in [1.807, 2.05) is 30.3 Å². The first kappa shape index (κ1) is 21.2. The molecule has 1 aromatic heterocycles. The summed E-state index contributed by atoms with van der Waals surface area (Å²) in [4.78, 5) is 11.7. The molecule has 0 atom stereocenters. The van der Waals surface area contributed by atoms with Gasteiger partial charge in [0.15, 0.2) is 5.58 Å². The van der Waals surface area contributed by atoms with Gasteiger partial charge in [-0.3, -0.25) is 4.57 Å². The SMILES string of the molecule is Cl.Cn1c(=O)oc2cc(S(=O)(=O)N(CCN)CCc3ccccc3)ccc21. The lowest BCUT2D eigenvalue weighted by Crippen LogP contribution is -2.36. The van der Waals surface area contributed by atoms with Crippen LogP contribution in [0.5, 0.6) is 0 Å². The van der Waals surface area contributed by atoms with Gasteiger partial charge in [0.2, 0.25) is 10.0 Å². The third-order valence-corrected chi connectivity index (χ3v) is 6.17. The highest BCUT2D eigenvalue weighted by atomic mass is 35.5. The topological polar surface area (TPSA) is 98.5 Å². The number of aromatic nitrogens is 1. The molecular weight excluding hydrogens is 390 g/mol. The summed E-state index contributed by atoms with van der Waals surface area (Å²) in [6.07, 6.45) is 0.586. The van der Waals surface area contributed by atoms with Crippen molar-refractivity contribution in [2.45, 2.75) is 11.3 Å². The lowest BCUT2D eigenvalue weighted by molar-refractivity contribution is 0.421. The molecule has 9 heteroatoms.